The van der Waals surface area contributed by atoms with Gasteiger partial charge in [-0.05, 0) is 36.4 Å². The smallest absolute Gasteiger partial charge is 0.306 e. The number of nitrogens with zero attached hydrogens (tertiary/aromatic N) is 1. The second-order valence-electron chi connectivity index (χ2n) is 5.17. The normalized spacial score (nSPS) is 10.5. The van der Waals surface area contributed by atoms with Crippen LogP contribution in [0.2, 0.25) is 10.0 Å². The van der Waals surface area contributed by atoms with Crippen LogP contribution in [0.5, 0.6) is 0 Å². The number of aromatic amines is 1. The zero-order valence-electron chi connectivity index (χ0n) is 13.2. The van der Waals surface area contributed by atoms with Crippen LogP contribution in [0.25, 0.3) is 11.4 Å². The lowest BCUT2D eigenvalue weighted by Crippen LogP contribution is -2.34. The second-order valence-corrected chi connectivity index (χ2v) is 5.99. The molecule has 3 N–H and O–H groups in total. The van der Waals surface area contributed by atoms with Crippen molar-refractivity contribution in [2.75, 3.05) is 5.32 Å². The minimum absolute atomic E-state index is 0.0651. The summed E-state index contributed by atoms with van der Waals surface area (Å²) in [4.78, 5) is 37.4. The fourth-order valence-corrected chi connectivity index (χ4v) is 2.60. The average molecular weight is 411 g/mol. The van der Waals surface area contributed by atoms with Crippen molar-refractivity contribution in [2.45, 2.75) is 0 Å². The van der Waals surface area contributed by atoms with Crippen molar-refractivity contribution < 1.29 is 18.5 Å². The number of amides is 3. The minimum Gasteiger partial charge on any atom is -0.306 e. The van der Waals surface area contributed by atoms with E-state index >= 15 is 0 Å². The van der Waals surface area contributed by atoms with Gasteiger partial charge in [0.05, 0.1) is 21.3 Å². The van der Waals surface area contributed by atoms with Gasteiger partial charge in [-0.25, -0.2) is 14.0 Å². The van der Waals surface area contributed by atoms with E-state index in [4.69, 9.17) is 23.2 Å². The largest absolute Gasteiger partial charge is 0.439 e. The lowest BCUT2D eigenvalue weighted by atomic mass is 10.2. The molecule has 138 valence electrons. The summed E-state index contributed by atoms with van der Waals surface area (Å²) in [7, 11) is 0. The third-order valence-corrected chi connectivity index (χ3v) is 3.96. The van der Waals surface area contributed by atoms with Crippen LogP contribution in [0.1, 0.15) is 10.4 Å². The monoisotopic (exact) mass is 410 g/mol. The van der Waals surface area contributed by atoms with Gasteiger partial charge in [0, 0.05) is 5.56 Å². The number of benzene rings is 2. The van der Waals surface area contributed by atoms with Crippen LogP contribution in [0.4, 0.5) is 14.9 Å². The third kappa shape index (κ3) is 4.33. The summed E-state index contributed by atoms with van der Waals surface area (Å²) in [5.41, 5.74) is 0.581. The lowest BCUT2D eigenvalue weighted by Gasteiger charge is -2.09. The van der Waals surface area contributed by atoms with Crippen LogP contribution in [-0.2, 0) is 0 Å². The Morgan fingerprint density at radius 3 is 2.52 bits per heavy atom. The highest BCUT2D eigenvalue weighted by Crippen LogP contribution is 2.27. The molecule has 0 saturated carbocycles. The first kappa shape index (κ1) is 18.6. The number of hydrogen-bond acceptors (Lipinski definition) is 5. The fraction of sp³-hybridized carbons (Fsp3) is 0. The number of hydrogen-bond donors (Lipinski definition) is 3. The number of anilines is 1. The van der Waals surface area contributed by atoms with E-state index in [0.29, 0.717) is 5.56 Å². The van der Waals surface area contributed by atoms with Crippen molar-refractivity contribution in [3.05, 3.63) is 68.4 Å². The van der Waals surface area contributed by atoms with E-state index in [0.717, 1.165) is 18.2 Å². The molecule has 0 aliphatic rings. The van der Waals surface area contributed by atoms with Crippen molar-refractivity contribution in [2.24, 2.45) is 0 Å². The topological polar surface area (TPSA) is 117 Å². The Morgan fingerprint density at radius 2 is 1.89 bits per heavy atom. The summed E-state index contributed by atoms with van der Waals surface area (Å²) < 4.78 is 17.4. The van der Waals surface area contributed by atoms with Crippen LogP contribution in [0.3, 0.4) is 0 Å². The third-order valence-electron chi connectivity index (χ3n) is 3.33. The number of H-pyrrole nitrogens is 1. The Balaban J connectivity index is 1.70. The minimum atomic E-state index is -0.870. The second kappa shape index (κ2) is 7.60. The molecular weight excluding hydrogens is 402 g/mol. The summed E-state index contributed by atoms with van der Waals surface area (Å²) in [6.45, 7) is 0. The molecule has 0 spiro atoms. The SMILES string of the molecule is O=C(NC(=O)c1ccc(F)cc1Cl)Nc1ccc(-c2noc(=O)[nH]2)cc1Cl. The summed E-state index contributed by atoms with van der Waals surface area (Å²) in [5, 5.41) is 7.95. The Kier molecular flexibility index (Phi) is 5.24. The summed E-state index contributed by atoms with van der Waals surface area (Å²) in [6.07, 6.45) is 0. The molecule has 0 saturated heterocycles. The predicted molar refractivity (Wildman–Crippen MR) is 95.5 cm³/mol. The van der Waals surface area contributed by atoms with E-state index in [2.05, 4.69) is 25.3 Å². The molecule has 0 fully saturated rings. The average Bonchev–Trinajstić information content (AvgIpc) is 3.03. The number of nitrogens with one attached hydrogen (secondary N) is 3. The van der Waals surface area contributed by atoms with Crippen LogP contribution >= 0.6 is 23.2 Å². The molecular formula is C16H9Cl2FN4O4. The maximum atomic E-state index is 13.0. The van der Waals surface area contributed by atoms with Crippen LogP contribution < -0.4 is 16.4 Å². The van der Waals surface area contributed by atoms with E-state index in [-0.39, 0.29) is 27.1 Å². The lowest BCUT2D eigenvalue weighted by molar-refractivity contribution is 0.0967. The molecule has 0 atom stereocenters. The summed E-state index contributed by atoms with van der Waals surface area (Å²) in [6, 6.07) is 6.68. The van der Waals surface area contributed by atoms with Crippen molar-refractivity contribution in [1.82, 2.24) is 15.5 Å². The van der Waals surface area contributed by atoms with Gasteiger partial charge in [0.25, 0.3) is 5.91 Å². The van der Waals surface area contributed by atoms with Crippen molar-refractivity contribution in [3.8, 4) is 11.4 Å². The van der Waals surface area contributed by atoms with Crippen LogP contribution in [0.15, 0.2) is 45.7 Å². The van der Waals surface area contributed by atoms with Crippen LogP contribution in [-0.4, -0.2) is 22.1 Å². The van der Waals surface area contributed by atoms with E-state index in [1.165, 1.54) is 18.2 Å². The molecule has 8 nitrogen and oxygen atoms in total. The molecule has 1 aromatic heterocycles. The molecule has 0 unspecified atom stereocenters. The van der Waals surface area contributed by atoms with E-state index < -0.39 is 23.5 Å². The van der Waals surface area contributed by atoms with Gasteiger partial charge in [-0.15, -0.1) is 0 Å². The molecule has 0 aliphatic heterocycles. The van der Waals surface area contributed by atoms with Gasteiger partial charge < -0.3 is 5.32 Å². The molecule has 0 bridgehead atoms. The number of imide groups is 1. The molecule has 27 heavy (non-hydrogen) atoms. The molecule has 11 heteroatoms. The molecule has 3 aromatic rings. The van der Waals surface area contributed by atoms with E-state index in [1.54, 1.807) is 0 Å². The first-order chi connectivity index (χ1) is 12.8. The highest BCUT2D eigenvalue weighted by Gasteiger charge is 2.15. The molecule has 0 radical (unpaired) electrons. The van der Waals surface area contributed by atoms with Crippen molar-refractivity contribution >= 4 is 40.8 Å². The zero-order valence-corrected chi connectivity index (χ0v) is 14.7. The predicted octanol–water partition coefficient (Wildman–Crippen LogP) is 3.44. The molecule has 0 aliphatic carbocycles. The van der Waals surface area contributed by atoms with Gasteiger partial charge in [-0.2, -0.15) is 0 Å². The van der Waals surface area contributed by atoms with Gasteiger partial charge in [0.1, 0.15) is 5.82 Å². The Morgan fingerprint density at radius 1 is 1.11 bits per heavy atom. The van der Waals surface area contributed by atoms with E-state index in [1.807, 2.05) is 0 Å². The van der Waals surface area contributed by atoms with Gasteiger partial charge in [0.2, 0.25) is 0 Å². The highest BCUT2D eigenvalue weighted by molar-refractivity contribution is 6.35. The maximum absolute atomic E-state index is 13.0. The van der Waals surface area contributed by atoms with Crippen molar-refractivity contribution in [1.29, 1.82) is 0 Å². The number of carbonyl (C=O) groups is 2. The number of rotatable bonds is 3. The molecule has 1 heterocycles. The summed E-state index contributed by atoms with van der Waals surface area (Å²) >= 11 is 11.9. The fourth-order valence-electron chi connectivity index (χ4n) is 2.12. The Bertz CT molecular complexity index is 1100. The number of carbonyl (C=O) groups excluding carboxylic acids is 2. The van der Waals surface area contributed by atoms with Gasteiger partial charge in [-0.3, -0.25) is 19.6 Å². The van der Waals surface area contributed by atoms with Gasteiger partial charge in [0.15, 0.2) is 5.82 Å². The molecule has 3 amide bonds. The zero-order chi connectivity index (χ0) is 19.6. The van der Waals surface area contributed by atoms with Crippen LogP contribution in [0, 0.1) is 5.82 Å². The van der Waals surface area contributed by atoms with Gasteiger partial charge in [-0.1, -0.05) is 28.4 Å². The standard InChI is InChI=1S/C16H9Cl2FN4O4/c17-10-6-8(19)2-3-9(10)14(24)22-15(25)20-12-4-1-7(5-11(12)18)13-21-16(26)27-23-13/h1-6H,(H,21,23,26)(H2,20,22,24,25). The molecule has 3 rings (SSSR count). The number of aromatic nitrogens is 2. The van der Waals surface area contributed by atoms with E-state index in [9.17, 15) is 18.8 Å². The first-order valence-corrected chi connectivity index (χ1v) is 8.02. The highest BCUT2D eigenvalue weighted by atomic mass is 35.5. The first-order valence-electron chi connectivity index (χ1n) is 7.27. The summed E-state index contributed by atoms with van der Waals surface area (Å²) in [5.74, 6) is -1.98. The number of halogens is 3. The molecule has 2 aromatic carbocycles. The Hall–Kier alpha value is -3.17. The Labute approximate surface area is 160 Å². The maximum Gasteiger partial charge on any atom is 0.439 e. The quantitative estimate of drug-likeness (QED) is 0.611. The van der Waals surface area contributed by atoms with Crippen molar-refractivity contribution in [3.63, 3.8) is 0 Å². The number of urea groups is 1. The van der Waals surface area contributed by atoms with Gasteiger partial charge >= 0.3 is 11.8 Å².